The van der Waals surface area contributed by atoms with Gasteiger partial charge in [0.25, 0.3) is 5.91 Å². The fraction of sp³-hybridized carbons (Fsp3) is 0.417. The van der Waals surface area contributed by atoms with Crippen molar-refractivity contribution in [3.63, 3.8) is 0 Å². The van der Waals surface area contributed by atoms with E-state index in [-0.39, 0.29) is 24.5 Å². The van der Waals surface area contributed by atoms with Gasteiger partial charge in [0.05, 0.1) is 13.2 Å². The Morgan fingerprint density at radius 2 is 2.00 bits per heavy atom. The van der Waals surface area contributed by atoms with Crippen LogP contribution in [0.15, 0.2) is 18.2 Å². The van der Waals surface area contributed by atoms with E-state index in [9.17, 15) is 9.59 Å². The first kappa shape index (κ1) is 15.1. The van der Waals surface area contributed by atoms with Gasteiger partial charge in [0.1, 0.15) is 11.4 Å². The standard InChI is InChI=1S/C12H16N2O5/c1-19-8-6-14(5-7-15)11(16)9-3-2-4-10(13-9)12(17)18/h2-4,15H,5-8H2,1H3,(H,17,18). The maximum atomic E-state index is 12.1. The fourth-order valence-electron chi connectivity index (χ4n) is 1.47. The molecule has 1 aromatic heterocycles. The number of aliphatic hydroxyl groups is 1. The summed E-state index contributed by atoms with van der Waals surface area (Å²) in [4.78, 5) is 28.0. The molecule has 1 heterocycles. The summed E-state index contributed by atoms with van der Waals surface area (Å²) in [6, 6.07) is 4.20. The van der Waals surface area contributed by atoms with Gasteiger partial charge >= 0.3 is 5.97 Å². The second-order valence-electron chi connectivity index (χ2n) is 3.72. The summed E-state index contributed by atoms with van der Waals surface area (Å²) in [5.74, 6) is -1.63. The van der Waals surface area contributed by atoms with Crippen LogP contribution in [-0.2, 0) is 4.74 Å². The fourth-order valence-corrected chi connectivity index (χ4v) is 1.47. The normalized spacial score (nSPS) is 10.2. The molecule has 0 aliphatic carbocycles. The van der Waals surface area contributed by atoms with Gasteiger partial charge in [-0.15, -0.1) is 0 Å². The maximum absolute atomic E-state index is 12.1. The molecule has 0 spiro atoms. The molecule has 1 rings (SSSR count). The van der Waals surface area contributed by atoms with Gasteiger partial charge < -0.3 is 19.8 Å². The molecule has 7 heteroatoms. The van der Waals surface area contributed by atoms with E-state index in [1.165, 1.54) is 30.2 Å². The third kappa shape index (κ3) is 4.31. The van der Waals surface area contributed by atoms with Crippen LogP contribution in [0.2, 0.25) is 0 Å². The SMILES string of the molecule is COCCN(CCO)C(=O)c1cccc(C(=O)O)n1. The number of rotatable bonds is 7. The number of nitrogens with zero attached hydrogens (tertiary/aromatic N) is 2. The number of hydrogen-bond donors (Lipinski definition) is 2. The van der Waals surface area contributed by atoms with Gasteiger partial charge in [0, 0.05) is 20.2 Å². The number of hydrogen-bond acceptors (Lipinski definition) is 5. The molecule has 0 unspecified atom stereocenters. The largest absolute Gasteiger partial charge is 0.477 e. The second-order valence-corrected chi connectivity index (χ2v) is 3.72. The summed E-state index contributed by atoms with van der Waals surface area (Å²) < 4.78 is 4.88. The van der Waals surface area contributed by atoms with Crippen molar-refractivity contribution >= 4 is 11.9 Å². The quantitative estimate of drug-likeness (QED) is 0.714. The number of aliphatic hydroxyl groups excluding tert-OH is 1. The number of pyridine rings is 1. The zero-order chi connectivity index (χ0) is 14.3. The van der Waals surface area contributed by atoms with Crippen LogP contribution in [0.1, 0.15) is 21.0 Å². The molecule has 7 nitrogen and oxygen atoms in total. The van der Waals surface area contributed by atoms with E-state index in [0.717, 1.165) is 0 Å². The van der Waals surface area contributed by atoms with Crippen molar-refractivity contribution < 1.29 is 24.5 Å². The topological polar surface area (TPSA) is 100.0 Å². The number of carbonyl (C=O) groups is 2. The average molecular weight is 268 g/mol. The predicted molar refractivity (Wildman–Crippen MR) is 66.1 cm³/mol. The van der Waals surface area contributed by atoms with Gasteiger partial charge in [-0.05, 0) is 12.1 Å². The Hall–Kier alpha value is -1.99. The van der Waals surface area contributed by atoms with Crippen LogP contribution in [0.25, 0.3) is 0 Å². The second kappa shape index (κ2) is 7.45. The van der Waals surface area contributed by atoms with Crippen molar-refractivity contribution in [2.45, 2.75) is 0 Å². The highest BCUT2D eigenvalue weighted by Crippen LogP contribution is 2.04. The van der Waals surface area contributed by atoms with E-state index in [0.29, 0.717) is 13.2 Å². The Kier molecular flexibility index (Phi) is 5.91. The number of aromatic nitrogens is 1. The highest BCUT2D eigenvalue weighted by molar-refractivity contribution is 5.94. The van der Waals surface area contributed by atoms with Crippen LogP contribution in [0.5, 0.6) is 0 Å². The molecule has 1 amide bonds. The zero-order valence-electron chi connectivity index (χ0n) is 10.6. The smallest absolute Gasteiger partial charge is 0.354 e. The van der Waals surface area contributed by atoms with E-state index >= 15 is 0 Å². The van der Waals surface area contributed by atoms with Crippen LogP contribution in [0, 0.1) is 0 Å². The van der Waals surface area contributed by atoms with Crippen LogP contribution in [-0.4, -0.2) is 65.4 Å². The zero-order valence-corrected chi connectivity index (χ0v) is 10.6. The molecule has 0 aliphatic rings. The van der Waals surface area contributed by atoms with E-state index in [4.69, 9.17) is 14.9 Å². The Balaban J connectivity index is 2.88. The van der Waals surface area contributed by atoms with Gasteiger partial charge in [0.2, 0.25) is 0 Å². The summed E-state index contributed by atoms with van der Waals surface area (Å²) in [7, 11) is 1.50. The molecule has 0 radical (unpaired) electrons. The Morgan fingerprint density at radius 1 is 1.32 bits per heavy atom. The van der Waals surface area contributed by atoms with Crippen molar-refractivity contribution in [2.75, 3.05) is 33.4 Å². The number of ether oxygens (including phenoxy) is 1. The first-order chi connectivity index (χ1) is 9.10. The molecule has 0 saturated carbocycles. The number of carboxylic acids is 1. The molecule has 0 atom stereocenters. The molecule has 0 aromatic carbocycles. The number of aromatic carboxylic acids is 1. The van der Waals surface area contributed by atoms with Gasteiger partial charge in [-0.25, -0.2) is 9.78 Å². The van der Waals surface area contributed by atoms with Crippen molar-refractivity contribution in [2.24, 2.45) is 0 Å². The maximum Gasteiger partial charge on any atom is 0.354 e. The summed E-state index contributed by atoms with van der Waals surface area (Å²) in [5, 5.41) is 17.8. The van der Waals surface area contributed by atoms with Crippen LogP contribution in [0.3, 0.4) is 0 Å². The van der Waals surface area contributed by atoms with Gasteiger partial charge in [0.15, 0.2) is 0 Å². The summed E-state index contributed by atoms with van der Waals surface area (Å²) in [6.07, 6.45) is 0. The van der Waals surface area contributed by atoms with Crippen molar-refractivity contribution in [3.8, 4) is 0 Å². The highest BCUT2D eigenvalue weighted by Gasteiger charge is 2.17. The lowest BCUT2D eigenvalue weighted by atomic mass is 10.2. The molecular weight excluding hydrogens is 252 g/mol. The summed E-state index contributed by atoms with van der Waals surface area (Å²) in [6.45, 7) is 0.578. The third-order valence-electron chi connectivity index (χ3n) is 2.41. The average Bonchev–Trinajstić information content (AvgIpc) is 2.42. The Bertz CT molecular complexity index is 450. The Morgan fingerprint density at radius 3 is 2.58 bits per heavy atom. The van der Waals surface area contributed by atoms with Crippen LogP contribution >= 0.6 is 0 Å². The number of amides is 1. The van der Waals surface area contributed by atoms with E-state index in [1.54, 1.807) is 0 Å². The predicted octanol–water partition coefficient (Wildman–Crippen LogP) is -0.139. The minimum Gasteiger partial charge on any atom is -0.477 e. The van der Waals surface area contributed by atoms with Crippen LogP contribution < -0.4 is 0 Å². The molecule has 0 bridgehead atoms. The van der Waals surface area contributed by atoms with Gasteiger partial charge in [-0.3, -0.25) is 4.79 Å². The molecule has 2 N–H and O–H groups in total. The number of methoxy groups -OCH3 is 1. The molecule has 19 heavy (non-hydrogen) atoms. The first-order valence-electron chi connectivity index (χ1n) is 5.69. The molecule has 0 aliphatic heterocycles. The van der Waals surface area contributed by atoms with Crippen molar-refractivity contribution in [1.29, 1.82) is 0 Å². The number of carboxylic acid groups (broad SMARTS) is 1. The van der Waals surface area contributed by atoms with E-state index in [2.05, 4.69) is 4.98 Å². The van der Waals surface area contributed by atoms with E-state index < -0.39 is 11.9 Å². The molecule has 104 valence electrons. The lowest BCUT2D eigenvalue weighted by molar-refractivity contribution is 0.0649. The highest BCUT2D eigenvalue weighted by atomic mass is 16.5. The minimum atomic E-state index is -1.19. The first-order valence-corrected chi connectivity index (χ1v) is 5.69. The van der Waals surface area contributed by atoms with Gasteiger partial charge in [-0.2, -0.15) is 0 Å². The Labute approximate surface area is 110 Å². The molecule has 1 aromatic rings. The molecule has 0 fully saturated rings. The van der Waals surface area contributed by atoms with Crippen molar-refractivity contribution in [1.82, 2.24) is 9.88 Å². The van der Waals surface area contributed by atoms with E-state index in [1.807, 2.05) is 0 Å². The number of carbonyl (C=O) groups excluding carboxylic acids is 1. The summed E-state index contributed by atoms with van der Waals surface area (Å²) in [5.41, 5.74) is -0.161. The third-order valence-corrected chi connectivity index (χ3v) is 2.41. The minimum absolute atomic E-state index is 0.0319. The summed E-state index contributed by atoms with van der Waals surface area (Å²) >= 11 is 0. The molecular formula is C12H16N2O5. The van der Waals surface area contributed by atoms with Crippen molar-refractivity contribution in [3.05, 3.63) is 29.6 Å². The monoisotopic (exact) mass is 268 g/mol. The molecule has 0 saturated heterocycles. The lowest BCUT2D eigenvalue weighted by Gasteiger charge is -2.20. The van der Waals surface area contributed by atoms with Crippen LogP contribution in [0.4, 0.5) is 0 Å². The van der Waals surface area contributed by atoms with Gasteiger partial charge in [-0.1, -0.05) is 6.07 Å². The lowest BCUT2D eigenvalue weighted by Crippen LogP contribution is -2.36.